The van der Waals surface area contributed by atoms with Crippen LogP contribution in [-0.2, 0) is 43.0 Å². The van der Waals surface area contributed by atoms with E-state index in [0.29, 0.717) is 17.7 Å². The molecule has 2 aliphatic rings. The molecular weight excluding hydrogens is 558 g/mol. The number of aromatic nitrogens is 1. The van der Waals surface area contributed by atoms with Crippen LogP contribution >= 0.6 is 23.1 Å². The average molecular weight is 586 g/mol. The number of β-lactam (4-membered cyclic amide) rings is 1. The van der Waals surface area contributed by atoms with Crippen LogP contribution < -0.4 is 10.6 Å². The summed E-state index contributed by atoms with van der Waals surface area (Å²) >= 11 is 2.37. The van der Waals surface area contributed by atoms with Crippen molar-refractivity contribution in [2.24, 2.45) is 5.16 Å². The van der Waals surface area contributed by atoms with Crippen LogP contribution in [0.1, 0.15) is 26.5 Å². The summed E-state index contributed by atoms with van der Waals surface area (Å²) in [6.45, 7) is 4.64. The van der Waals surface area contributed by atoms with Gasteiger partial charge in [0.05, 0.1) is 12.7 Å². The number of hydrogen-bond acceptors (Lipinski definition) is 14. The van der Waals surface area contributed by atoms with Gasteiger partial charge in [-0.1, -0.05) is 5.16 Å². The molecule has 1 fully saturated rings. The van der Waals surface area contributed by atoms with Crippen LogP contribution in [0, 0.1) is 0 Å². The predicted octanol–water partition coefficient (Wildman–Crippen LogP) is 0.813. The fourth-order valence-corrected chi connectivity index (χ4v) is 5.53. The molecule has 0 aliphatic carbocycles. The van der Waals surface area contributed by atoms with Crippen molar-refractivity contribution >= 4 is 64.3 Å². The molecule has 0 bridgehead atoms. The third kappa shape index (κ3) is 7.04. The zero-order chi connectivity index (χ0) is 28.7. The number of carbonyl (C=O) groups excluding carboxylic acids is 5. The quantitative estimate of drug-likeness (QED) is 0.0880. The monoisotopic (exact) mass is 585 g/mol. The first-order chi connectivity index (χ1) is 18.6. The largest absolute Gasteiger partial charge is 0.511 e. The zero-order valence-corrected chi connectivity index (χ0v) is 23.3. The molecule has 0 aromatic carbocycles. The number of methoxy groups -OCH3 is 1. The lowest BCUT2D eigenvalue weighted by Crippen LogP contribution is -2.71. The second-order valence-corrected chi connectivity index (χ2v) is 10.1. The van der Waals surface area contributed by atoms with Gasteiger partial charge in [0.2, 0.25) is 12.7 Å². The van der Waals surface area contributed by atoms with Crippen molar-refractivity contribution in [2.45, 2.75) is 44.6 Å². The summed E-state index contributed by atoms with van der Waals surface area (Å²) < 4.78 is 20.2. The van der Waals surface area contributed by atoms with Crippen molar-refractivity contribution in [3.05, 3.63) is 22.3 Å². The first-order valence-electron chi connectivity index (χ1n) is 11.4. The standard InChI is InChI=1S/C22H27N5O10S2/c1-10(2)35-22(32)37-11(3)36-20(31)16-12(6-33-4)7-38-19-15(18(30)27(16)19)25-17(29)14(26-34-5)13-8-39-21(24-13)23-9-28/h8-11,15,19H,6-7H2,1-5H3,(H,25,29)(H,23,24,28)/t11?,15-,19-/m1/s1. The van der Waals surface area contributed by atoms with Crippen molar-refractivity contribution in [2.75, 3.05) is 31.9 Å². The summed E-state index contributed by atoms with van der Waals surface area (Å²) in [7, 11) is 2.68. The van der Waals surface area contributed by atoms with E-state index in [1.807, 2.05) is 0 Å². The van der Waals surface area contributed by atoms with Gasteiger partial charge < -0.3 is 34.4 Å². The molecule has 3 rings (SSSR count). The maximum atomic E-state index is 13.2. The Bertz CT molecular complexity index is 1180. The highest BCUT2D eigenvalue weighted by Gasteiger charge is 2.55. The van der Waals surface area contributed by atoms with Gasteiger partial charge in [0.25, 0.3) is 11.8 Å². The Morgan fingerprint density at radius 3 is 2.62 bits per heavy atom. The molecule has 3 atom stereocenters. The molecule has 0 spiro atoms. The van der Waals surface area contributed by atoms with Crippen LogP contribution in [0.25, 0.3) is 0 Å². The molecule has 2 aliphatic heterocycles. The molecular formula is C22H27N5O10S2. The molecule has 1 aromatic heterocycles. The van der Waals surface area contributed by atoms with Crippen LogP contribution in [0.5, 0.6) is 0 Å². The SMILES string of the molecule is COCC1=C(C(=O)OC(C)OC(=O)OC(C)C)N2C(=O)[C@@H](NC(=O)C(=NOC)c3csc(NC=O)n3)[C@H]2SC1. The molecule has 3 heterocycles. The number of esters is 1. The van der Waals surface area contributed by atoms with Gasteiger partial charge in [-0.25, -0.2) is 14.6 Å². The lowest BCUT2D eigenvalue weighted by molar-refractivity contribution is -0.169. The van der Waals surface area contributed by atoms with E-state index < -0.39 is 47.7 Å². The van der Waals surface area contributed by atoms with Gasteiger partial charge >= 0.3 is 12.1 Å². The number of anilines is 1. The highest BCUT2D eigenvalue weighted by atomic mass is 32.2. The van der Waals surface area contributed by atoms with E-state index in [4.69, 9.17) is 23.8 Å². The number of ether oxygens (including phenoxy) is 4. The number of oxime groups is 1. The van der Waals surface area contributed by atoms with E-state index in [0.717, 1.165) is 11.3 Å². The van der Waals surface area contributed by atoms with E-state index in [-0.39, 0.29) is 28.8 Å². The molecule has 1 aromatic rings. The predicted molar refractivity (Wildman–Crippen MR) is 138 cm³/mol. The van der Waals surface area contributed by atoms with E-state index in [1.54, 1.807) is 13.8 Å². The van der Waals surface area contributed by atoms with Crippen molar-refractivity contribution in [3.8, 4) is 0 Å². The number of hydrogen-bond donors (Lipinski definition) is 2. The maximum absolute atomic E-state index is 13.2. The minimum Gasteiger partial charge on any atom is -0.431 e. The normalized spacial score (nSPS) is 19.5. The Hall–Kier alpha value is -3.70. The third-order valence-electron chi connectivity index (χ3n) is 5.04. The summed E-state index contributed by atoms with van der Waals surface area (Å²) in [5, 5.41) is 9.77. The first kappa shape index (κ1) is 29.9. The summed E-state index contributed by atoms with van der Waals surface area (Å²) in [6, 6.07) is -1.00. The van der Waals surface area contributed by atoms with Crippen molar-refractivity contribution in [3.63, 3.8) is 0 Å². The fourth-order valence-electron chi connectivity index (χ4n) is 3.55. The highest BCUT2D eigenvalue weighted by molar-refractivity contribution is 8.00. The van der Waals surface area contributed by atoms with Crippen molar-refractivity contribution in [1.82, 2.24) is 15.2 Å². The molecule has 3 amide bonds. The number of amides is 3. The van der Waals surface area contributed by atoms with Crippen molar-refractivity contribution in [1.29, 1.82) is 0 Å². The van der Waals surface area contributed by atoms with E-state index >= 15 is 0 Å². The second kappa shape index (κ2) is 13.4. The summed E-state index contributed by atoms with van der Waals surface area (Å²) in [6.07, 6.45) is -2.31. The number of nitrogens with zero attached hydrogens (tertiary/aromatic N) is 3. The molecule has 39 heavy (non-hydrogen) atoms. The first-order valence-corrected chi connectivity index (χ1v) is 13.4. The lowest BCUT2D eigenvalue weighted by Gasteiger charge is -2.49. The molecule has 212 valence electrons. The summed E-state index contributed by atoms with van der Waals surface area (Å²) in [5.74, 6) is -1.93. The van der Waals surface area contributed by atoms with Crippen LogP contribution in [0.3, 0.4) is 0 Å². The fraction of sp³-hybridized carbons (Fsp3) is 0.500. The smallest absolute Gasteiger partial charge is 0.431 e. The number of rotatable bonds is 12. The maximum Gasteiger partial charge on any atom is 0.511 e. The van der Waals surface area contributed by atoms with E-state index in [2.05, 4.69) is 20.8 Å². The molecule has 2 N–H and O–H groups in total. The Morgan fingerprint density at radius 1 is 1.23 bits per heavy atom. The Labute approximate surface area is 231 Å². The number of nitrogens with one attached hydrogen (secondary N) is 2. The minimum atomic E-state index is -1.30. The van der Waals surface area contributed by atoms with Gasteiger partial charge in [-0.3, -0.25) is 19.3 Å². The molecule has 1 unspecified atom stereocenters. The summed E-state index contributed by atoms with van der Waals surface area (Å²) in [4.78, 5) is 71.7. The van der Waals surface area contributed by atoms with Gasteiger partial charge in [0.1, 0.15) is 29.9 Å². The highest BCUT2D eigenvalue weighted by Crippen LogP contribution is 2.41. The second-order valence-electron chi connectivity index (χ2n) is 8.18. The zero-order valence-electron chi connectivity index (χ0n) is 21.6. The third-order valence-corrected chi connectivity index (χ3v) is 7.15. The molecule has 0 radical (unpaired) electrons. The van der Waals surface area contributed by atoms with Crippen LogP contribution in [0.15, 0.2) is 21.8 Å². The Kier molecular flexibility index (Phi) is 10.2. The minimum absolute atomic E-state index is 0.0429. The van der Waals surface area contributed by atoms with Crippen LogP contribution in [0.4, 0.5) is 9.93 Å². The lowest BCUT2D eigenvalue weighted by atomic mass is 10.0. The van der Waals surface area contributed by atoms with Gasteiger partial charge in [0, 0.05) is 25.2 Å². The van der Waals surface area contributed by atoms with Gasteiger partial charge in [-0.05, 0) is 19.4 Å². The number of thiazole rings is 1. The van der Waals surface area contributed by atoms with Gasteiger partial charge in [-0.2, -0.15) is 0 Å². The number of fused-ring (bicyclic) bond motifs is 1. The van der Waals surface area contributed by atoms with Crippen LogP contribution in [-0.4, -0.2) is 96.3 Å². The van der Waals surface area contributed by atoms with E-state index in [1.165, 1.54) is 43.2 Å². The molecule has 17 heteroatoms. The van der Waals surface area contributed by atoms with Crippen LogP contribution in [0.2, 0.25) is 0 Å². The summed E-state index contributed by atoms with van der Waals surface area (Å²) in [5.41, 5.74) is 0.339. The molecule has 0 saturated carbocycles. The van der Waals surface area contributed by atoms with Gasteiger partial charge in [0.15, 0.2) is 10.8 Å². The number of thioether (sulfide) groups is 1. The molecule has 1 saturated heterocycles. The Morgan fingerprint density at radius 2 is 1.97 bits per heavy atom. The van der Waals surface area contributed by atoms with E-state index in [9.17, 15) is 24.0 Å². The van der Waals surface area contributed by atoms with Crippen molar-refractivity contribution < 1.29 is 47.8 Å². The topological polar surface area (TPSA) is 184 Å². The molecule has 15 nitrogen and oxygen atoms in total. The average Bonchev–Trinajstić information content (AvgIpc) is 3.33. The Balaban J connectivity index is 1.74. The number of carbonyl (C=O) groups is 5. The van der Waals surface area contributed by atoms with Gasteiger partial charge in [-0.15, -0.1) is 23.1 Å².